The molecule has 0 aliphatic heterocycles. The van der Waals surface area contributed by atoms with E-state index in [1.807, 2.05) is 13.0 Å². The molecule has 0 aromatic heterocycles. The van der Waals surface area contributed by atoms with Crippen LogP contribution in [0.1, 0.15) is 31.4 Å². The smallest absolute Gasteiger partial charge is 0.333 e. The highest BCUT2D eigenvalue weighted by Crippen LogP contribution is 2.31. The second-order valence-electron chi connectivity index (χ2n) is 5.07. The Morgan fingerprint density at radius 2 is 2.00 bits per heavy atom. The Hall–Kier alpha value is -1.57. The fourth-order valence-corrected chi connectivity index (χ4v) is 2.26. The van der Waals surface area contributed by atoms with Crippen LogP contribution in [0.5, 0.6) is 0 Å². The first-order chi connectivity index (χ1) is 8.00. The van der Waals surface area contributed by atoms with Gasteiger partial charge in [0.2, 0.25) is 0 Å². The first-order valence-corrected chi connectivity index (χ1v) is 5.96. The predicted molar refractivity (Wildman–Crippen MR) is 67.8 cm³/mol. The summed E-state index contributed by atoms with van der Waals surface area (Å²) in [5.41, 5.74) is 2.74. The van der Waals surface area contributed by atoms with Crippen LogP contribution < -0.4 is 0 Å². The molecule has 0 bridgehead atoms. The zero-order valence-corrected chi connectivity index (χ0v) is 10.5. The Labute approximate surface area is 102 Å². The number of carbonyl (C=O) groups excluding carboxylic acids is 1. The molecular weight excluding hydrogens is 212 g/mol. The predicted octanol–water partition coefficient (Wildman–Crippen LogP) is 3.05. The third-order valence-electron chi connectivity index (χ3n) is 3.29. The van der Waals surface area contributed by atoms with Gasteiger partial charge in [0.1, 0.15) is 5.60 Å². The highest BCUT2D eigenvalue weighted by atomic mass is 16.6. The molecule has 0 radical (unpaired) electrons. The SMILES string of the molecule is C=C(C)C(=O)OC1(C)CCc2ccccc2C1. The van der Waals surface area contributed by atoms with Crippen LogP contribution in [0.15, 0.2) is 36.4 Å². The van der Waals surface area contributed by atoms with Crippen LogP contribution >= 0.6 is 0 Å². The van der Waals surface area contributed by atoms with Crippen molar-refractivity contribution < 1.29 is 9.53 Å². The zero-order chi connectivity index (χ0) is 12.5. The van der Waals surface area contributed by atoms with E-state index in [0.29, 0.717) is 5.57 Å². The summed E-state index contributed by atoms with van der Waals surface area (Å²) in [5.74, 6) is -0.285. The normalized spacial score (nSPS) is 22.7. The van der Waals surface area contributed by atoms with Crippen molar-refractivity contribution in [3.05, 3.63) is 47.5 Å². The minimum absolute atomic E-state index is 0.285. The topological polar surface area (TPSA) is 26.3 Å². The van der Waals surface area contributed by atoms with Crippen molar-refractivity contribution in [3.8, 4) is 0 Å². The Bertz CT molecular complexity index is 462. The van der Waals surface area contributed by atoms with Gasteiger partial charge >= 0.3 is 5.97 Å². The molecule has 0 spiro atoms. The van der Waals surface area contributed by atoms with Crippen molar-refractivity contribution in [2.24, 2.45) is 0 Å². The summed E-state index contributed by atoms with van der Waals surface area (Å²) >= 11 is 0. The van der Waals surface area contributed by atoms with Gasteiger partial charge in [0.15, 0.2) is 0 Å². The van der Waals surface area contributed by atoms with E-state index in [1.165, 1.54) is 11.1 Å². The number of hydrogen-bond donors (Lipinski definition) is 0. The van der Waals surface area contributed by atoms with Gasteiger partial charge < -0.3 is 4.74 Å². The first kappa shape index (κ1) is 11.9. The fraction of sp³-hybridized carbons (Fsp3) is 0.400. The highest BCUT2D eigenvalue weighted by Gasteiger charge is 2.33. The Kier molecular flexibility index (Phi) is 3.05. The van der Waals surface area contributed by atoms with Gasteiger partial charge in [-0.1, -0.05) is 30.8 Å². The van der Waals surface area contributed by atoms with Crippen LogP contribution in [-0.4, -0.2) is 11.6 Å². The lowest BCUT2D eigenvalue weighted by Crippen LogP contribution is -2.37. The van der Waals surface area contributed by atoms with E-state index in [-0.39, 0.29) is 11.6 Å². The van der Waals surface area contributed by atoms with E-state index < -0.39 is 0 Å². The number of aryl methyl sites for hydroxylation is 1. The molecule has 1 aromatic carbocycles. The average molecular weight is 230 g/mol. The quantitative estimate of drug-likeness (QED) is 0.576. The maximum atomic E-state index is 11.6. The molecule has 1 aliphatic rings. The van der Waals surface area contributed by atoms with E-state index in [0.717, 1.165) is 19.3 Å². The molecule has 1 atom stereocenters. The number of carbonyl (C=O) groups is 1. The van der Waals surface area contributed by atoms with E-state index in [9.17, 15) is 4.79 Å². The van der Waals surface area contributed by atoms with Gasteiger partial charge in [-0.2, -0.15) is 0 Å². The monoisotopic (exact) mass is 230 g/mol. The molecule has 2 nitrogen and oxygen atoms in total. The molecule has 2 rings (SSSR count). The van der Waals surface area contributed by atoms with Gasteiger partial charge in [-0.3, -0.25) is 0 Å². The number of esters is 1. The molecule has 1 unspecified atom stereocenters. The molecule has 0 saturated heterocycles. The highest BCUT2D eigenvalue weighted by molar-refractivity contribution is 5.87. The van der Waals surface area contributed by atoms with Crippen LogP contribution in [0.4, 0.5) is 0 Å². The Balaban J connectivity index is 2.15. The van der Waals surface area contributed by atoms with Crippen molar-refractivity contribution in [1.29, 1.82) is 0 Å². The molecule has 0 heterocycles. The van der Waals surface area contributed by atoms with Gasteiger partial charge in [-0.25, -0.2) is 4.79 Å². The van der Waals surface area contributed by atoms with Crippen LogP contribution in [0, 0.1) is 0 Å². The maximum Gasteiger partial charge on any atom is 0.333 e. The number of ether oxygens (including phenoxy) is 1. The Morgan fingerprint density at radius 1 is 1.35 bits per heavy atom. The second kappa shape index (κ2) is 4.36. The van der Waals surface area contributed by atoms with Crippen molar-refractivity contribution in [3.63, 3.8) is 0 Å². The Morgan fingerprint density at radius 3 is 2.65 bits per heavy atom. The third kappa shape index (κ3) is 2.57. The van der Waals surface area contributed by atoms with Crippen LogP contribution in [0.3, 0.4) is 0 Å². The summed E-state index contributed by atoms with van der Waals surface area (Å²) in [6.45, 7) is 7.31. The van der Waals surface area contributed by atoms with Crippen molar-refractivity contribution >= 4 is 5.97 Å². The number of hydrogen-bond acceptors (Lipinski definition) is 2. The molecule has 2 heteroatoms. The van der Waals surface area contributed by atoms with Crippen molar-refractivity contribution in [1.82, 2.24) is 0 Å². The van der Waals surface area contributed by atoms with Gasteiger partial charge in [0.25, 0.3) is 0 Å². The summed E-state index contributed by atoms with van der Waals surface area (Å²) in [6.07, 6.45) is 2.64. The van der Waals surface area contributed by atoms with Crippen LogP contribution in [0.25, 0.3) is 0 Å². The molecule has 1 aromatic rings. The van der Waals surface area contributed by atoms with Crippen LogP contribution in [0.2, 0.25) is 0 Å². The van der Waals surface area contributed by atoms with Crippen molar-refractivity contribution in [2.75, 3.05) is 0 Å². The maximum absolute atomic E-state index is 11.6. The summed E-state index contributed by atoms with van der Waals surface area (Å²) in [6, 6.07) is 8.35. The lowest BCUT2D eigenvalue weighted by molar-refractivity contribution is -0.154. The minimum Gasteiger partial charge on any atom is -0.456 e. The number of fused-ring (bicyclic) bond motifs is 1. The first-order valence-electron chi connectivity index (χ1n) is 5.96. The molecule has 17 heavy (non-hydrogen) atoms. The number of benzene rings is 1. The van der Waals surface area contributed by atoms with Gasteiger partial charge in [0, 0.05) is 12.0 Å². The van der Waals surface area contributed by atoms with Gasteiger partial charge in [-0.15, -0.1) is 0 Å². The van der Waals surface area contributed by atoms with E-state index in [2.05, 4.69) is 24.8 Å². The molecule has 0 amide bonds. The van der Waals surface area contributed by atoms with Gasteiger partial charge in [-0.05, 0) is 37.8 Å². The molecule has 0 saturated carbocycles. The lowest BCUT2D eigenvalue weighted by Gasteiger charge is -2.34. The summed E-state index contributed by atoms with van der Waals surface area (Å²) < 4.78 is 5.56. The van der Waals surface area contributed by atoms with E-state index in [1.54, 1.807) is 6.92 Å². The minimum atomic E-state index is -0.385. The standard InChI is InChI=1S/C15H18O2/c1-11(2)14(16)17-15(3)9-8-12-6-4-5-7-13(12)10-15/h4-7H,1,8-10H2,2-3H3. The largest absolute Gasteiger partial charge is 0.456 e. The van der Waals surface area contributed by atoms with Gasteiger partial charge in [0.05, 0.1) is 0 Å². The number of rotatable bonds is 2. The summed E-state index contributed by atoms with van der Waals surface area (Å²) in [7, 11) is 0. The lowest BCUT2D eigenvalue weighted by atomic mass is 9.81. The molecule has 0 fully saturated rings. The zero-order valence-electron chi connectivity index (χ0n) is 10.5. The van der Waals surface area contributed by atoms with E-state index >= 15 is 0 Å². The van der Waals surface area contributed by atoms with Crippen LogP contribution in [-0.2, 0) is 22.4 Å². The summed E-state index contributed by atoms with van der Waals surface area (Å²) in [5, 5.41) is 0. The third-order valence-corrected chi connectivity index (χ3v) is 3.29. The second-order valence-corrected chi connectivity index (χ2v) is 5.07. The molecular formula is C15H18O2. The molecule has 90 valence electrons. The van der Waals surface area contributed by atoms with E-state index in [4.69, 9.17) is 4.74 Å². The molecule has 1 aliphatic carbocycles. The molecule has 0 N–H and O–H groups in total. The fourth-order valence-electron chi connectivity index (χ4n) is 2.26. The average Bonchev–Trinajstić information content (AvgIpc) is 2.28. The summed E-state index contributed by atoms with van der Waals surface area (Å²) in [4.78, 5) is 11.6. The van der Waals surface area contributed by atoms with Crippen molar-refractivity contribution in [2.45, 2.75) is 38.7 Å².